The number of rotatable bonds is 4. The largest absolute Gasteiger partial charge is 0.463 e. The number of nitrogens with two attached hydrogens (primary N) is 1. The molecule has 0 aliphatic carbocycles. The molecule has 2 heterocycles. The van der Waals surface area contributed by atoms with E-state index < -0.39 is 0 Å². The molecule has 3 rings (SSSR count). The van der Waals surface area contributed by atoms with Gasteiger partial charge in [0.2, 0.25) is 0 Å². The number of hydrogen-bond acceptors (Lipinski definition) is 4. The minimum absolute atomic E-state index is 0.316. The Bertz CT molecular complexity index is 689. The van der Waals surface area contributed by atoms with Gasteiger partial charge in [-0.15, -0.1) is 5.10 Å². The number of benzene rings is 1. The summed E-state index contributed by atoms with van der Waals surface area (Å²) < 4.78 is 7.22. The molecular formula is C14H13ClN4O. The summed E-state index contributed by atoms with van der Waals surface area (Å²) in [6.45, 7) is 0.900. The van der Waals surface area contributed by atoms with E-state index in [9.17, 15) is 0 Å². The number of nitrogens with zero attached hydrogens (tertiary/aromatic N) is 3. The van der Waals surface area contributed by atoms with E-state index in [2.05, 4.69) is 10.3 Å². The molecule has 0 radical (unpaired) electrons. The van der Waals surface area contributed by atoms with E-state index in [1.807, 2.05) is 36.4 Å². The van der Waals surface area contributed by atoms with Crippen molar-refractivity contribution in [1.29, 1.82) is 0 Å². The number of aromatic nitrogens is 3. The van der Waals surface area contributed by atoms with Gasteiger partial charge in [0.15, 0.2) is 5.76 Å². The van der Waals surface area contributed by atoms with Gasteiger partial charge in [-0.05, 0) is 29.8 Å². The topological polar surface area (TPSA) is 69.9 Å². The Morgan fingerprint density at radius 2 is 2.00 bits per heavy atom. The third kappa shape index (κ3) is 2.45. The number of furan rings is 1. The first-order valence-electron chi connectivity index (χ1n) is 6.18. The Labute approximate surface area is 121 Å². The predicted octanol–water partition coefficient (Wildman–Crippen LogP) is 2.70. The lowest BCUT2D eigenvalue weighted by molar-refractivity contribution is 0.565. The molecule has 0 unspecified atom stereocenters. The van der Waals surface area contributed by atoms with Gasteiger partial charge in [0.25, 0.3) is 0 Å². The molecule has 2 aromatic heterocycles. The van der Waals surface area contributed by atoms with Crippen molar-refractivity contribution >= 4 is 11.6 Å². The fourth-order valence-corrected chi connectivity index (χ4v) is 2.17. The summed E-state index contributed by atoms with van der Waals surface area (Å²) in [5, 5.41) is 8.97. The highest BCUT2D eigenvalue weighted by Gasteiger charge is 2.16. The average Bonchev–Trinajstić information content (AvgIpc) is 3.10. The lowest BCUT2D eigenvalue weighted by Gasteiger charge is -2.06. The minimum atomic E-state index is 0.316. The van der Waals surface area contributed by atoms with Gasteiger partial charge in [0.05, 0.1) is 12.8 Å². The second-order valence-corrected chi connectivity index (χ2v) is 4.79. The van der Waals surface area contributed by atoms with Crippen LogP contribution in [-0.2, 0) is 13.1 Å². The summed E-state index contributed by atoms with van der Waals surface area (Å²) in [7, 11) is 0. The molecule has 6 heteroatoms. The number of hydrogen-bond donors (Lipinski definition) is 1. The van der Waals surface area contributed by atoms with E-state index in [-0.39, 0.29) is 0 Å². The summed E-state index contributed by atoms with van der Waals surface area (Å²) in [6, 6.07) is 11.3. The molecule has 0 saturated carbocycles. The van der Waals surface area contributed by atoms with Crippen molar-refractivity contribution in [2.24, 2.45) is 5.73 Å². The van der Waals surface area contributed by atoms with Crippen LogP contribution in [0, 0.1) is 0 Å². The Morgan fingerprint density at radius 3 is 2.65 bits per heavy atom. The average molecular weight is 289 g/mol. The highest BCUT2D eigenvalue weighted by molar-refractivity contribution is 6.30. The fourth-order valence-electron chi connectivity index (χ4n) is 2.04. The molecule has 0 bridgehead atoms. The molecule has 0 fully saturated rings. The van der Waals surface area contributed by atoms with Crippen molar-refractivity contribution in [2.75, 3.05) is 0 Å². The first kappa shape index (κ1) is 12.9. The standard InChI is InChI=1S/C14H13ClN4O/c15-11-5-3-10(4-6-11)9-19-14(12(8-16)17-18-19)13-2-1-7-20-13/h1-7H,8-9,16H2. The zero-order valence-corrected chi connectivity index (χ0v) is 11.4. The molecule has 3 aromatic rings. The molecule has 0 aliphatic heterocycles. The van der Waals surface area contributed by atoms with Crippen molar-refractivity contribution in [3.05, 3.63) is 58.9 Å². The molecule has 1 aromatic carbocycles. The van der Waals surface area contributed by atoms with Crippen LogP contribution < -0.4 is 5.73 Å². The first-order chi connectivity index (χ1) is 9.78. The fraction of sp³-hybridized carbons (Fsp3) is 0.143. The van der Waals surface area contributed by atoms with Crippen LogP contribution in [0.1, 0.15) is 11.3 Å². The lowest BCUT2D eigenvalue weighted by atomic mass is 10.2. The SMILES string of the molecule is NCc1nnn(Cc2ccc(Cl)cc2)c1-c1ccco1. The maximum atomic E-state index is 5.89. The summed E-state index contributed by atoms with van der Waals surface area (Å²) in [6.07, 6.45) is 1.62. The van der Waals surface area contributed by atoms with E-state index in [1.165, 1.54) is 0 Å². The van der Waals surface area contributed by atoms with E-state index in [0.717, 1.165) is 11.3 Å². The van der Waals surface area contributed by atoms with Gasteiger partial charge < -0.3 is 10.2 Å². The summed E-state index contributed by atoms with van der Waals surface area (Å²) >= 11 is 5.89. The Kier molecular flexibility index (Phi) is 3.54. The van der Waals surface area contributed by atoms with Crippen molar-refractivity contribution < 1.29 is 4.42 Å². The van der Waals surface area contributed by atoms with Crippen LogP contribution in [0.3, 0.4) is 0 Å². The zero-order chi connectivity index (χ0) is 13.9. The minimum Gasteiger partial charge on any atom is -0.463 e. The first-order valence-corrected chi connectivity index (χ1v) is 6.56. The van der Waals surface area contributed by atoms with Gasteiger partial charge >= 0.3 is 0 Å². The van der Waals surface area contributed by atoms with Gasteiger partial charge in [0.1, 0.15) is 11.4 Å². The Balaban J connectivity index is 1.98. The third-order valence-electron chi connectivity index (χ3n) is 3.00. The molecule has 0 atom stereocenters. The van der Waals surface area contributed by atoms with Crippen molar-refractivity contribution in [1.82, 2.24) is 15.0 Å². The summed E-state index contributed by atoms with van der Waals surface area (Å²) in [4.78, 5) is 0. The summed E-state index contributed by atoms with van der Waals surface area (Å²) in [5.74, 6) is 0.712. The highest BCUT2D eigenvalue weighted by atomic mass is 35.5. The van der Waals surface area contributed by atoms with E-state index in [0.29, 0.717) is 29.6 Å². The molecule has 5 nitrogen and oxygen atoms in total. The summed E-state index contributed by atoms with van der Waals surface area (Å²) in [5.41, 5.74) is 8.32. The molecule has 0 aliphatic rings. The third-order valence-corrected chi connectivity index (χ3v) is 3.25. The zero-order valence-electron chi connectivity index (χ0n) is 10.7. The van der Waals surface area contributed by atoms with Crippen LogP contribution in [0.25, 0.3) is 11.5 Å². The Morgan fingerprint density at radius 1 is 1.20 bits per heavy atom. The maximum absolute atomic E-state index is 5.89. The van der Waals surface area contributed by atoms with Gasteiger partial charge in [0, 0.05) is 11.6 Å². The van der Waals surface area contributed by atoms with E-state index in [1.54, 1.807) is 10.9 Å². The second kappa shape index (κ2) is 5.48. The lowest BCUT2D eigenvalue weighted by Crippen LogP contribution is -2.05. The van der Waals surface area contributed by atoms with E-state index in [4.69, 9.17) is 21.8 Å². The smallest absolute Gasteiger partial charge is 0.153 e. The maximum Gasteiger partial charge on any atom is 0.153 e. The molecular weight excluding hydrogens is 276 g/mol. The monoisotopic (exact) mass is 288 g/mol. The normalized spacial score (nSPS) is 10.9. The molecule has 0 amide bonds. The molecule has 0 saturated heterocycles. The molecule has 0 spiro atoms. The Hall–Kier alpha value is -2.11. The predicted molar refractivity (Wildman–Crippen MR) is 76.2 cm³/mol. The van der Waals surface area contributed by atoms with Crippen LogP contribution in [-0.4, -0.2) is 15.0 Å². The van der Waals surface area contributed by atoms with Crippen LogP contribution >= 0.6 is 11.6 Å². The van der Waals surface area contributed by atoms with Crippen molar-refractivity contribution in [3.8, 4) is 11.5 Å². The van der Waals surface area contributed by atoms with E-state index >= 15 is 0 Å². The quantitative estimate of drug-likeness (QED) is 0.801. The van der Waals surface area contributed by atoms with Crippen LogP contribution in [0.2, 0.25) is 5.02 Å². The van der Waals surface area contributed by atoms with Gasteiger partial charge in [-0.3, -0.25) is 0 Å². The van der Waals surface area contributed by atoms with Gasteiger partial charge in [-0.1, -0.05) is 28.9 Å². The number of halogens is 1. The van der Waals surface area contributed by atoms with Crippen LogP contribution in [0.5, 0.6) is 0 Å². The second-order valence-electron chi connectivity index (χ2n) is 4.35. The van der Waals surface area contributed by atoms with Crippen molar-refractivity contribution in [2.45, 2.75) is 13.1 Å². The van der Waals surface area contributed by atoms with Crippen molar-refractivity contribution in [3.63, 3.8) is 0 Å². The molecule has 102 valence electrons. The molecule has 20 heavy (non-hydrogen) atoms. The van der Waals surface area contributed by atoms with Crippen LogP contribution in [0.15, 0.2) is 47.1 Å². The van der Waals surface area contributed by atoms with Crippen LogP contribution in [0.4, 0.5) is 0 Å². The molecule has 2 N–H and O–H groups in total. The van der Waals surface area contributed by atoms with Gasteiger partial charge in [-0.2, -0.15) is 0 Å². The highest BCUT2D eigenvalue weighted by Crippen LogP contribution is 2.23. The van der Waals surface area contributed by atoms with Gasteiger partial charge in [-0.25, -0.2) is 4.68 Å².